The van der Waals surface area contributed by atoms with E-state index in [0.717, 1.165) is 18.8 Å². The highest BCUT2D eigenvalue weighted by atomic mass is 16.5. The maximum absolute atomic E-state index is 11.5. The van der Waals surface area contributed by atoms with Gasteiger partial charge in [0.15, 0.2) is 0 Å². The molecule has 94 valence electrons. The first kappa shape index (κ1) is 12.1. The lowest BCUT2D eigenvalue weighted by Crippen LogP contribution is -2.48. The van der Waals surface area contributed by atoms with E-state index < -0.39 is 0 Å². The van der Waals surface area contributed by atoms with Gasteiger partial charge in [0.1, 0.15) is 6.10 Å². The number of carbonyl (C=O) groups excluding carboxylic acids is 1. The van der Waals surface area contributed by atoms with Gasteiger partial charge in [0, 0.05) is 39.9 Å². The van der Waals surface area contributed by atoms with Gasteiger partial charge < -0.3 is 10.1 Å². The lowest BCUT2D eigenvalue weighted by atomic mass is 10.2. The van der Waals surface area contributed by atoms with Crippen molar-refractivity contribution < 1.29 is 9.53 Å². The van der Waals surface area contributed by atoms with E-state index in [4.69, 9.17) is 4.74 Å². The summed E-state index contributed by atoms with van der Waals surface area (Å²) in [7, 11) is 3.53. The van der Waals surface area contributed by atoms with Crippen LogP contribution in [0.5, 0.6) is 0 Å². The number of morpholine rings is 1. The molecule has 6 heteroatoms. The molecule has 1 aliphatic heterocycles. The Morgan fingerprint density at radius 1 is 1.71 bits per heavy atom. The molecule has 6 nitrogen and oxygen atoms in total. The number of aromatic nitrogens is 2. The molecule has 2 heterocycles. The second-order valence-electron chi connectivity index (χ2n) is 4.19. The van der Waals surface area contributed by atoms with Gasteiger partial charge in [0.2, 0.25) is 5.91 Å². The van der Waals surface area contributed by atoms with E-state index in [1.54, 1.807) is 11.7 Å². The van der Waals surface area contributed by atoms with Crippen molar-refractivity contribution in [3.63, 3.8) is 0 Å². The molecule has 1 amide bonds. The predicted octanol–water partition coefficient (Wildman–Crippen LogP) is -0.633. The molecule has 1 saturated heterocycles. The number of carbonyl (C=O) groups is 1. The lowest BCUT2D eigenvalue weighted by Gasteiger charge is -2.31. The normalized spacial score (nSPS) is 21.4. The van der Waals surface area contributed by atoms with Crippen molar-refractivity contribution in [3.05, 3.63) is 18.0 Å². The number of nitrogens with zero attached hydrogens (tertiary/aromatic N) is 3. The number of nitrogens with one attached hydrogen (secondary N) is 1. The van der Waals surface area contributed by atoms with Crippen LogP contribution in [0.4, 0.5) is 0 Å². The summed E-state index contributed by atoms with van der Waals surface area (Å²) in [6, 6.07) is 1.99. The zero-order chi connectivity index (χ0) is 12.3. The fraction of sp³-hybridized carbons (Fsp3) is 0.636. The highest BCUT2D eigenvalue weighted by molar-refractivity contribution is 5.80. The van der Waals surface area contributed by atoms with Gasteiger partial charge in [-0.2, -0.15) is 5.10 Å². The van der Waals surface area contributed by atoms with E-state index in [2.05, 4.69) is 15.3 Å². The van der Waals surface area contributed by atoms with Crippen molar-refractivity contribution >= 4 is 5.91 Å². The fourth-order valence-electron chi connectivity index (χ4n) is 1.94. The summed E-state index contributed by atoms with van der Waals surface area (Å²) < 4.78 is 7.21. The molecule has 1 fully saturated rings. The molecule has 0 saturated carbocycles. The smallest absolute Gasteiger partial charge is 0.250 e. The van der Waals surface area contributed by atoms with E-state index in [1.165, 1.54) is 0 Å². The van der Waals surface area contributed by atoms with Gasteiger partial charge in [-0.3, -0.25) is 14.4 Å². The number of amides is 1. The van der Waals surface area contributed by atoms with E-state index in [9.17, 15) is 4.79 Å². The van der Waals surface area contributed by atoms with Crippen molar-refractivity contribution in [1.82, 2.24) is 20.0 Å². The summed E-state index contributed by atoms with van der Waals surface area (Å²) in [6.07, 6.45) is 1.56. The molecule has 1 atom stereocenters. The van der Waals surface area contributed by atoms with Crippen LogP contribution in [0.25, 0.3) is 0 Å². The van der Waals surface area contributed by atoms with Crippen LogP contribution in [0, 0.1) is 0 Å². The number of hydrogen-bond donors (Lipinski definition) is 1. The molecular formula is C11H18N4O2. The molecular weight excluding hydrogens is 220 g/mol. The molecule has 1 aromatic heterocycles. The molecule has 17 heavy (non-hydrogen) atoms. The standard InChI is InChI=1S/C11H18N4O2/c1-12-11(16)10-8-15(5-6-17-10)7-9-3-4-14(2)13-9/h3-4,10H,5-8H2,1-2H3,(H,12,16). The van der Waals surface area contributed by atoms with Crippen LogP contribution in [-0.2, 0) is 23.1 Å². The number of likely N-dealkylation sites (N-methyl/N-ethyl adjacent to an activating group) is 1. The number of ether oxygens (including phenoxy) is 1. The monoisotopic (exact) mass is 238 g/mol. The Morgan fingerprint density at radius 2 is 2.53 bits per heavy atom. The van der Waals surface area contributed by atoms with Crippen molar-refractivity contribution in [2.75, 3.05) is 26.7 Å². The van der Waals surface area contributed by atoms with Crippen LogP contribution >= 0.6 is 0 Å². The average Bonchev–Trinajstić information content (AvgIpc) is 2.74. The Balaban J connectivity index is 1.91. The summed E-state index contributed by atoms with van der Waals surface area (Å²) in [4.78, 5) is 13.7. The molecule has 1 aliphatic rings. The van der Waals surface area contributed by atoms with Gasteiger partial charge in [-0.25, -0.2) is 0 Å². The zero-order valence-electron chi connectivity index (χ0n) is 10.2. The van der Waals surface area contributed by atoms with Gasteiger partial charge >= 0.3 is 0 Å². The van der Waals surface area contributed by atoms with E-state index >= 15 is 0 Å². The van der Waals surface area contributed by atoms with Gasteiger partial charge in [-0.05, 0) is 6.07 Å². The molecule has 0 radical (unpaired) electrons. The highest BCUT2D eigenvalue weighted by Crippen LogP contribution is 2.09. The maximum Gasteiger partial charge on any atom is 0.250 e. The zero-order valence-corrected chi connectivity index (χ0v) is 10.2. The highest BCUT2D eigenvalue weighted by Gasteiger charge is 2.25. The van der Waals surface area contributed by atoms with Crippen LogP contribution in [0.1, 0.15) is 5.69 Å². The summed E-state index contributed by atoms with van der Waals surface area (Å²) in [5.41, 5.74) is 1.02. The van der Waals surface area contributed by atoms with Crippen molar-refractivity contribution in [3.8, 4) is 0 Å². The van der Waals surface area contributed by atoms with Gasteiger partial charge in [-0.15, -0.1) is 0 Å². The number of hydrogen-bond acceptors (Lipinski definition) is 4. The van der Waals surface area contributed by atoms with Crippen LogP contribution < -0.4 is 5.32 Å². The van der Waals surface area contributed by atoms with Crippen molar-refractivity contribution in [2.24, 2.45) is 7.05 Å². The minimum atomic E-state index is -0.363. The topological polar surface area (TPSA) is 59.4 Å². The fourth-order valence-corrected chi connectivity index (χ4v) is 1.94. The molecule has 1 aromatic rings. The largest absolute Gasteiger partial charge is 0.366 e. The third-order valence-corrected chi connectivity index (χ3v) is 2.84. The summed E-state index contributed by atoms with van der Waals surface area (Å²) in [5.74, 6) is -0.0595. The second kappa shape index (κ2) is 5.29. The molecule has 2 rings (SSSR count). The third kappa shape index (κ3) is 3.04. The Morgan fingerprint density at radius 3 is 3.18 bits per heavy atom. The quantitative estimate of drug-likeness (QED) is 0.761. The summed E-state index contributed by atoms with van der Waals surface area (Å²) >= 11 is 0. The van der Waals surface area contributed by atoms with Crippen molar-refractivity contribution in [2.45, 2.75) is 12.6 Å². The summed E-state index contributed by atoms with van der Waals surface area (Å²) in [5, 5.41) is 6.94. The van der Waals surface area contributed by atoms with E-state index in [-0.39, 0.29) is 12.0 Å². The molecule has 1 unspecified atom stereocenters. The predicted molar refractivity (Wildman–Crippen MR) is 62.3 cm³/mol. The molecule has 0 aliphatic carbocycles. The lowest BCUT2D eigenvalue weighted by molar-refractivity contribution is -0.138. The molecule has 1 N–H and O–H groups in total. The third-order valence-electron chi connectivity index (χ3n) is 2.84. The average molecular weight is 238 g/mol. The Labute approximate surface area is 101 Å². The summed E-state index contributed by atoms with van der Waals surface area (Å²) in [6.45, 7) is 2.81. The minimum Gasteiger partial charge on any atom is -0.366 e. The Bertz CT molecular complexity index is 391. The maximum atomic E-state index is 11.5. The molecule has 0 aromatic carbocycles. The van der Waals surface area contributed by atoms with Crippen LogP contribution in [-0.4, -0.2) is 53.4 Å². The molecule has 0 spiro atoms. The second-order valence-corrected chi connectivity index (χ2v) is 4.19. The van der Waals surface area contributed by atoms with Crippen LogP contribution in [0.3, 0.4) is 0 Å². The Kier molecular flexibility index (Phi) is 3.75. The first-order chi connectivity index (χ1) is 8.19. The van der Waals surface area contributed by atoms with Gasteiger partial charge in [-0.1, -0.05) is 0 Å². The van der Waals surface area contributed by atoms with E-state index in [1.807, 2.05) is 19.3 Å². The first-order valence-electron chi connectivity index (χ1n) is 5.73. The molecule has 0 bridgehead atoms. The van der Waals surface area contributed by atoms with E-state index in [0.29, 0.717) is 13.2 Å². The SMILES string of the molecule is CNC(=O)C1CN(Cc2ccn(C)n2)CCO1. The number of rotatable bonds is 3. The Hall–Kier alpha value is -1.40. The van der Waals surface area contributed by atoms with Crippen molar-refractivity contribution in [1.29, 1.82) is 0 Å². The van der Waals surface area contributed by atoms with Crippen LogP contribution in [0.15, 0.2) is 12.3 Å². The minimum absolute atomic E-state index is 0.0595. The number of aryl methyl sites for hydroxylation is 1. The first-order valence-corrected chi connectivity index (χ1v) is 5.73. The van der Waals surface area contributed by atoms with Crippen LogP contribution in [0.2, 0.25) is 0 Å². The van der Waals surface area contributed by atoms with Gasteiger partial charge in [0.25, 0.3) is 0 Å². The van der Waals surface area contributed by atoms with Gasteiger partial charge in [0.05, 0.1) is 12.3 Å².